The Labute approximate surface area is 160 Å². The molecule has 0 aliphatic rings. The van der Waals surface area contributed by atoms with Crippen molar-refractivity contribution in [3.8, 4) is 0 Å². The molecule has 0 spiro atoms. The Balaban J connectivity index is 2.00. The third-order valence-corrected chi connectivity index (χ3v) is 4.88. The van der Waals surface area contributed by atoms with Crippen molar-refractivity contribution in [1.82, 2.24) is 15.6 Å². The van der Waals surface area contributed by atoms with E-state index in [2.05, 4.69) is 31.5 Å². The molecule has 0 fully saturated rings. The van der Waals surface area contributed by atoms with Gasteiger partial charge in [-0.05, 0) is 58.1 Å². The van der Waals surface area contributed by atoms with Crippen molar-refractivity contribution in [3.63, 3.8) is 0 Å². The number of aromatic nitrogens is 1. The zero-order chi connectivity index (χ0) is 18.1. The van der Waals surface area contributed by atoms with Gasteiger partial charge in [-0.1, -0.05) is 18.2 Å². The number of benzene rings is 1. The van der Waals surface area contributed by atoms with E-state index in [1.165, 1.54) is 0 Å². The molecule has 25 heavy (non-hydrogen) atoms. The SMILES string of the molecule is CSCC[C@H](NC(=O)c1ccccc1Br)C(=O)NCc1cccnc1. The summed E-state index contributed by atoms with van der Waals surface area (Å²) < 4.78 is 0.701. The average Bonchev–Trinajstić information content (AvgIpc) is 2.64. The second-order valence-electron chi connectivity index (χ2n) is 5.37. The topological polar surface area (TPSA) is 71.1 Å². The molecule has 0 bridgehead atoms. The predicted octanol–water partition coefficient (Wildman–Crippen LogP) is 3.01. The first-order valence-corrected chi connectivity index (χ1v) is 10.0. The molecule has 1 aromatic heterocycles. The fraction of sp³-hybridized carbons (Fsp3) is 0.278. The minimum atomic E-state index is -0.580. The number of amides is 2. The van der Waals surface area contributed by atoms with E-state index in [9.17, 15) is 9.59 Å². The van der Waals surface area contributed by atoms with Crippen LogP contribution in [0.2, 0.25) is 0 Å². The van der Waals surface area contributed by atoms with Crippen LogP contribution < -0.4 is 10.6 Å². The van der Waals surface area contributed by atoms with Gasteiger partial charge in [-0.3, -0.25) is 14.6 Å². The highest BCUT2D eigenvalue weighted by Gasteiger charge is 2.21. The molecule has 0 unspecified atom stereocenters. The van der Waals surface area contributed by atoms with Crippen LogP contribution in [-0.4, -0.2) is 34.8 Å². The Morgan fingerprint density at radius 1 is 1.24 bits per heavy atom. The molecule has 132 valence electrons. The van der Waals surface area contributed by atoms with Crippen LogP contribution in [0.5, 0.6) is 0 Å². The quantitative estimate of drug-likeness (QED) is 0.686. The number of carbonyl (C=O) groups excluding carboxylic acids is 2. The molecule has 0 radical (unpaired) electrons. The summed E-state index contributed by atoms with van der Waals surface area (Å²) >= 11 is 5.00. The Kier molecular flexibility index (Phi) is 7.94. The van der Waals surface area contributed by atoms with Crippen molar-refractivity contribution >= 4 is 39.5 Å². The van der Waals surface area contributed by atoms with Gasteiger partial charge in [-0.25, -0.2) is 0 Å². The molecule has 1 aromatic carbocycles. The minimum absolute atomic E-state index is 0.196. The molecule has 0 aliphatic heterocycles. The van der Waals surface area contributed by atoms with E-state index in [1.807, 2.05) is 24.5 Å². The Hall–Kier alpha value is -1.86. The smallest absolute Gasteiger partial charge is 0.253 e. The maximum atomic E-state index is 12.5. The summed E-state index contributed by atoms with van der Waals surface area (Å²) in [7, 11) is 0. The lowest BCUT2D eigenvalue weighted by molar-refractivity contribution is -0.123. The third-order valence-electron chi connectivity index (χ3n) is 3.54. The molecule has 7 heteroatoms. The van der Waals surface area contributed by atoms with E-state index in [0.29, 0.717) is 23.0 Å². The van der Waals surface area contributed by atoms with E-state index >= 15 is 0 Å². The molecule has 0 saturated carbocycles. The first-order chi connectivity index (χ1) is 12.1. The summed E-state index contributed by atoms with van der Waals surface area (Å²) in [6.45, 7) is 0.382. The molecule has 2 amide bonds. The van der Waals surface area contributed by atoms with Crippen LogP contribution in [-0.2, 0) is 11.3 Å². The molecule has 1 heterocycles. The van der Waals surface area contributed by atoms with E-state index < -0.39 is 6.04 Å². The average molecular weight is 422 g/mol. The second kappa shape index (κ2) is 10.2. The largest absolute Gasteiger partial charge is 0.350 e. The number of hydrogen-bond acceptors (Lipinski definition) is 4. The summed E-state index contributed by atoms with van der Waals surface area (Å²) in [5.41, 5.74) is 1.42. The predicted molar refractivity (Wildman–Crippen MR) is 104 cm³/mol. The molecule has 5 nitrogen and oxygen atoms in total. The minimum Gasteiger partial charge on any atom is -0.350 e. The van der Waals surface area contributed by atoms with Gasteiger partial charge >= 0.3 is 0 Å². The standard InChI is InChI=1S/C18H20BrN3O2S/c1-25-10-8-16(18(24)21-12-13-5-4-9-20-11-13)22-17(23)14-6-2-3-7-15(14)19/h2-7,9,11,16H,8,10,12H2,1H3,(H,21,24)(H,22,23)/t16-/m0/s1. The van der Waals surface area contributed by atoms with Gasteiger partial charge in [0.2, 0.25) is 5.91 Å². The van der Waals surface area contributed by atoms with Gasteiger partial charge in [-0.15, -0.1) is 0 Å². The molecule has 2 aromatic rings. The van der Waals surface area contributed by atoms with Gasteiger partial charge in [0.1, 0.15) is 6.04 Å². The van der Waals surface area contributed by atoms with Gasteiger partial charge in [0.15, 0.2) is 0 Å². The summed E-state index contributed by atoms with van der Waals surface area (Å²) in [5, 5.41) is 5.70. The Morgan fingerprint density at radius 2 is 2.04 bits per heavy atom. The normalized spacial score (nSPS) is 11.6. The fourth-order valence-corrected chi connectivity index (χ4v) is 3.14. The van der Waals surface area contributed by atoms with Crippen molar-refractivity contribution in [3.05, 3.63) is 64.4 Å². The lowest BCUT2D eigenvalue weighted by Gasteiger charge is -2.18. The summed E-state index contributed by atoms with van der Waals surface area (Å²) in [4.78, 5) is 29.0. The van der Waals surface area contributed by atoms with Gasteiger partial charge in [0.25, 0.3) is 5.91 Å². The lowest BCUT2D eigenvalue weighted by atomic mass is 10.1. The van der Waals surface area contributed by atoms with Crippen molar-refractivity contribution in [2.75, 3.05) is 12.0 Å². The van der Waals surface area contributed by atoms with Gasteiger partial charge in [0.05, 0.1) is 5.56 Å². The number of rotatable bonds is 8. The molecule has 2 N–H and O–H groups in total. The van der Waals surface area contributed by atoms with Gasteiger partial charge in [0, 0.05) is 23.4 Å². The van der Waals surface area contributed by atoms with E-state index in [4.69, 9.17) is 0 Å². The molecular weight excluding hydrogens is 402 g/mol. The van der Waals surface area contributed by atoms with E-state index in [0.717, 1.165) is 11.3 Å². The summed E-state index contributed by atoms with van der Waals surface area (Å²) in [6.07, 6.45) is 5.93. The number of thioether (sulfide) groups is 1. The zero-order valence-electron chi connectivity index (χ0n) is 13.9. The summed E-state index contributed by atoms with van der Waals surface area (Å²) in [5.74, 6) is 0.315. The van der Waals surface area contributed by atoms with Crippen molar-refractivity contribution in [2.45, 2.75) is 19.0 Å². The molecular formula is C18H20BrN3O2S. The van der Waals surface area contributed by atoms with E-state index in [-0.39, 0.29) is 11.8 Å². The van der Waals surface area contributed by atoms with Gasteiger partial charge in [-0.2, -0.15) is 11.8 Å². The monoisotopic (exact) mass is 421 g/mol. The van der Waals surface area contributed by atoms with Crippen LogP contribution in [0.15, 0.2) is 53.3 Å². The van der Waals surface area contributed by atoms with Crippen LogP contribution >= 0.6 is 27.7 Å². The van der Waals surface area contributed by atoms with Crippen molar-refractivity contribution < 1.29 is 9.59 Å². The number of carbonyl (C=O) groups is 2. The molecule has 0 aliphatic carbocycles. The third kappa shape index (κ3) is 6.17. The maximum Gasteiger partial charge on any atom is 0.253 e. The molecule has 1 atom stereocenters. The molecule has 2 rings (SSSR count). The van der Waals surface area contributed by atoms with Crippen molar-refractivity contribution in [1.29, 1.82) is 0 Å². The van der Waals surface area contributed by atoms with Crippen LogP contribution in [0.3, 0.4) is 0 Å². The zero-order valence-corrected chi connectivity index (χ0v) is 16.3. The van der Waals surface area contributed by atoms with E-state index in [1.54, 1.807) is 42.4 Å². The summed E-state index contributed by atoms with van der Waals surface area (Å²) in [6, 6.07) is 10.3. The highest BCUT2D eigenvalue weighted by molar-refractivity contribution is 9.10. The number of pyridine rings is 1. The van der Waals surface area contributed by atoms with Crippen LogP contribution in [0, 0.1) is 0 Å². The second-order valence-corrected chi connectivity index (χ2v) is 7.21. The van der Waals surface area contributed by atoms with Crippen molar-refractivity contribution in [2.24, 2.45) is 0 Å². The highest BCUT2D eigenvalue weighted by Crippen LogP contribution is 2.16. The number of nitrogens with zero attached hydrogens (tertiary/aromatic N) is 1. The van der Waals surface area contributed by atoms with Crippen LogP contribution in [0.1, 0.15) is 22.3 Å². The number of nitrogens with one attached hydrogen (secondary N) is 2. The number of hydrogen-bond donors (Lipinski definition) is 2. The lowest BCUT2D eigenvalue weighted by Crippen LogP contribution is -2.47. The van der Waals surface area contributed by atoms with Crippen LogP contribution in [0.4, 0.5) is 0 Å². The fourth-order valence-electron chi connectivity index (χ4n) is 2.20. The first kappa shape index (κ1) is 19.5. The highest BCUT2D eigenvalue weighted by atomic mass is 79.9. The Bertz CT molecular complexity index is 712. The van der Waals surface area contributed by atoms with Crippen LogP contribution in [0.25, 0.3) is 0 Å². The molecule has 0 saturated heterocycles. The number of halogens is 1. The Morgan fingerprint density at radius 3 is 2.72 bits per heavy atom. The maximum absolute atomic E-state index is 12.5. The van der Waals surface area contributed by atoms with Gasteiger partial charge < -0.3 is 10.6 Å². The first-order valence-electron chi connectivity index (χ1n) is 7.82.